The van der Waals surface area contributed by atoms with Crippen LogP contribution in [0.4, 0.5) is 17.1 Å². The second-order valence-electron chi connectivity index (χ2n) is 10.2. The predicted octanol–water partition coefficient (Wildman–Crippen LogP) is 5.16. The lowest BCUT2D eigenvalue weighted by Gasteiger charge is -2.16. The summed E-state index contributed by atoms with van der Waals surface area (Å²) in [5.74, 6) is 1.10. The number of nitrogen functional groups attached to an aromatic ring is 1. The van der Waals surface area contributed by atoms with Crippen molar-refractivity contribution >= 4 is 59.8 Å². The van der Waals surface area contributed by atoms with E-state index in [2.05, 4.69) is 9.71 Å². The van der Waals surface area contributed by atoms with E-state index in [1.807, 2.05) is 0 Å². The van der Waals surface area contributed by atoms with Gasteiger partial charge in [0.1, 0.15) is 27.0 Å². The highest BCUT2D eigenvalue weighted by molar-refractivity contribution is 7.92. The van der Waals surface area contributed by atoms with Crippen molar-refractivity contribution in [2.45, 2.75) is 4.90 Å². The molecule has 0 spiro atoms. The number of benzene rings is 5. The first kappa shape index (κ1) is 30.2. The standard InChI is InChI=1S/C32H24ClN3O7S2/c1-44(37,38)36-27-7-3-4-8-28(27)42-21-12-15-26(25(33)18-21)35-20-11-14-23-30(17-20)43-29-16-19(34)10-13-22(29)32(23)24-6-2-5-9-31(24)45(39,40)41/h2-18,36H,34H2,1H3,(H,39,40,41)/p+1. The largest absolute Gasteiger partial charge is 0.456 e. The molecule has 228 valence electrons. The smallest absolute Gasteiger partial charge is 0.295 e. The van der Waals surface area contributed by atoms with Crippen LogP contribution in [0.1, 0.15) is 0 Å². The predicted molar refractivity (Wildman–Crippen MR) is 173 cm³/mol. The minimum absolute atomic E-state index is 0.235. The van der Waals surface area contributed by atoms with Crippen LogP contribution in [0.5, 0.6) is 11.5 Å². The van der Waals surface area contributed by atoms with Gasteiger partial charge in [-0.15, -0.1) is 0 Å². The number of ether oxygens (including phenoxy) is 1. The monoisotopic (exact) mass is 662 g/mol. The molecule has 5 N–H and O–H groups in total. The molecule has 13 heteroatoms. The van der Waals surface area contributed by atoms with Gasteiger partial charge in [0.15, 0.2) is 5.75 Å². The Morgan fingerprint density at radius 2 is 1.62 bits per heavy atom. The Balaban J connectivity index is 1.43. The molecular formula is C32H25ClN3O7S2+. The fourth-order valence-corrected chi connectivity index (χ4v) is 6.44. The zero-order valence-corrected chi connectivity index (χ0v) is 25.9. The molecule has 0 saturated carbocycles. The second-order valence-corrected chi connectivity index (χ2v) is 13.7. The van der Waals surface area contributed by atoms with Gasteiger partial charge in [0, 0.05) is 52.0 Å². The van der Waals surface area contributed by atoms with Crippen LogP contribution in [0, 0.1) is 0 Å². The van der Waals surface area contributed by atoms with Crippen LogP contribution in [-0.4, -0.2) is 27.6 Å². The maximum atomic E-state index is 12.3. The maximum Gasteiger partial charge on any atom is 0.295 e. The Morgan fingerprint density at radius 3 is 2.38 bits per heavy atom. The fourth-order valence-electron chi connectivity index (χ4n) is 4.96. The summed E-state index contributed by atoms with van der Waals surface area (Å²) < 4.78 is 72.6. The number of para-hydroxylation sites is 2. The van der Waals surface area contributed by atoms with E-state index in [1.165, 1.54) is 12.1 Å². The van der Waals surface area contributed by atoms with Gasteiger partial charge < -0.3 is 14.9 Å². The van der Waals surface area contributed by atoms with Crippen molar-refractivity contribution in [1.29, 1.82) is 0 Å². The number of rotatable bonds is 7. The van der Waals surface area contributed by atoms with Gasteiger partial charge in [-0.3, -0.25) is 9.27 Å². The lowest BCUT2D eigenvalue weighted by molar-refractivity contribution is -0.402. The van der Waals surface area contributed by atoms with E-state index in [9.17, 15) is 21.4 Å². The number of nitrogens with one attached hydrogen (secondary N) is 2. The van der Waals surface area contributed by atoms with Crippen molar-refractivity contribution in [3.8, 4) is 33.9 Å². The maximum absolute atomic E-state index is 12.3. The molecule has 0 aromatic heterocycles. The molecule has 0 fully saturated rings. The molecule has 2 aliphatic rings. The molecule has 10 nitrogen and oxygen atoms in total. The molecular weight excluding hydrogens is 638 g/mol. The zero-order chi connectivity index (χ0) is 31.9. The van der Waals surface area contributed by atoms with Gasteiger partial charge in [-0.25, -0.2) is 13.4 Å². The zero-order valence-electron chi connectivity index (χ0n) is 23.5. The van der Waals surface area contributed by atoms with E-state index >= 15 is 0 Å². The first-order chi connectivity index (χ1) is 21.4. The van der Waals surface area contributed by atoms with E-state index in [0.717, 1.165) is 6.26 Å². The van der Waals surface area contributed by atoms with Gasteiger partial charge in [0.25, 0.3) is 10.1 Å². The molecule has 0 atom stereocenters. The molecule has 0 saturated heterocycles. The average Bonchev–Trinajstić information content (AvgIpc) is 2.97. The number of anilines is 2. The summed E-state index contributed by atoms with van der Waals surface area (Å²) in [6, 6.07) is 28.2. The molecule has 4 aromatic carbocycles. The van der Waals surface area contributed by atoms with Crippen LogP contribution in [0.2, 0.25) is 5.02 Å². The fraction of sp³-hybridized carbons (Fsp3) is 0.0312. The minimum Gasteiger partial charge on any atom is -0.456 e. The summed E-state index contributed by atoms with van der Waals surface area (Å²) in [5, 5.41) is 1.55. The van der Waals surface area contributed by atoms with Crippen LogP contribution in [0.15, 0.2) is 112 Å². The number of sulfonamides is 1. The lowest BCUT2D eigenvalue weighted by atomic mass is 9.93. The normalized spacial score (nSPS) is 12.5. The van der Waals surface area contributed by atoms with Crippen molar-refractivity contribution in [2.75, 3.05) is 16.7 Å². The van der Waals surface area contributed by atoms with Crippen LogP contribution < -0.4 is 25.5 Å². The molecule has 0 radical (unpaired) electrons. The molecule has 1 aliphatic carbocycles. The number of fused-ring (bicyclic) bond motifs is 2. The molecule has 0 bridgehead atoms. The van der Waals surface area contributed by atoms with Gasteiger partial charge in [-0.05, 0) is 42.5 Å². The Hall–Kier alpha value is -4.88. The molecule has 6 rings (SSSR count). The Kier molecular flexibility index (Phi) is 7.75. The van der Waals surface area contributed by atoms with Crippen LogP contribution in [-0.2, 0) is 20.1 Å². The third kappa shape index (κ3) is 6.49. The van der Waals surface area contributed by atoms with Crippen molar-refractivity contribution in [3.63, 3.8) is 0 Å². The number of nitrogens with two attached hydrogens (primary N) is 1. The van der Waals surface area contributed by atoms with Crippen molar-refractivity contribution in [3.05, 3.63) is 114 Å². The lowest BCUT2D eigenvalue weighted by Crippen LogP contribution is -2.70. The van der Waals surface area contributed by atoms with Gasteiger partial charge in [-0.1, -0.05) is 41.9 Å². The summed E-state index contributed by atoms with van der Waals surface area (Å²) >= 11 is 6.60. The molecule has 45 heavy (non-hydrogen) atoms. The second kappa shape index (κ2) is 11.6. The highest BCUT2D eigenvalue weighted by atomic mass is 35.5. The van der Waals surface area contributed by atoms with Gasteiger partial charge in [0.2, 0.25) is 21.1 Å². The Morgan fingerprint density at radius 1 is 0.867 bits per heavy atom. The van der Waals surface area contributed by atoms with Gasteiger partial charge in [-0.2, -0.15) is 8.42 Å². The molecule has 4 aromatic rings. The van der Waals surface area contributed by atoms with E-state index in [1.54, 1.807) is 91.0 Å². The molecule has 1 aliphatic heterocycles. The SMILES string of the molecule is CS(=O)(=O)Nc1ccccc1Oc1ccc([NH+]=c2ccc3c(-c4ccccc4S(=O)(=O)O)c4ccc(N)cc4oc-3c2)c(Cl)c1. The quantitative estimate of drug-likeness (QED) is 0.103. The number of hydrogen-bond acceptors (Lipinski definition) is 7. The van der Waals surface area contributed by atoms with Gasteiger partial charge in [0.05, 0.1) is 18.0 Å². The summed E-state index contributed by atoms with van der Waals surface area (Å²) in [6.07, 6.45) is 1.05. The third-order valence-corrected chi connectivity index (χ3v) is 8.63. The third-order valence-electron chi connectivity index (χ3n) is 6.81. The molecule has 0 unspecified atom stereocenters. The number of halogens is 1. The number of hydrogen-bond donors (Lipinski definition) is 4. The topological polar surface area (TPSA) is 163 Å². The van der Waals surface area contributed by atoms with E-state index in [0.29, 0.717) is 66.7 Å². The van der Waals surface area contributed by atoms with Crippen LogP contribution in [0.25, 0.3) is 33.4 Å². The Labute approximate surface area is 263 Å². The van der Waals surface area contributed by atoms with Crippen molar-refractivity contribution < 1.29 is 35.5 Å². The first-order valence-corrected chi connectivity index (χ1v) is 17.0. The van der Waals surface area contributed by atoms with Crippen molar-refractivity contribution in [1.82, 2.24) is 0 Å². The Bertz CT molecular complexity index is 2370. The molecule has 1 heterocycles. The summed E-state index contributed by atoms with van der Waals surface area (Å²) in [4.78, 5) is 3.02. The summed E-state index contributed by atoms with van der Waals surface area (Å²) in [5.41, 5.74) is 9.21. The van der Waals surface area contributed by atoms with E-state index < -0.39 is 20.1 Å². The highest BCUT2D eigenvalue weighted by Crippen LogP contribution is 2.42. The first-order valence-electron chi connectivity index (χ1n) is 13.3. The van der Waals surface area contributed by atoms with Crippen molar-refractivity contribution in [2.24, 2.45) is 0 Å². The summed E-state index contributed by atoms with van der Waals surface area (Å²) in [7, 11) is -8.05. The summed E-state index contributed by atoms with van der Waals surface area (Å²) in [6.45, 7) is 0. The minimum atomic E-state index is -4.54. The molecule has 0 amide bonds. The van der Waals surface area contributed by atoms with E-state index in [4.69, 9.17) is 26.5 Å². The highest BCUT2D eigenvalue weighted by Gasteiger charge is 2.24. The van der Waals surface area contributed by atoms with Crippen LogP contribution >= 0.6 is 11.6 Å². The van der Waals surface area contributed by atoms with Gasteiger partial charge >= 0.3 is 0 Å². The van der Waals surface area contributed by atoms with Crippen LogP contribution in [0.3, 0.4) is 0 Å². The van der Waals surface area contributed by atoms with E-state index in [-0.39, 0.29) is 10.6 Å². The average molecular weight is 663 g/mol.